The first-order valence-corrected chi connectivity index (χ1v) is 17.8. The van der Waals surface area contributed by atoms with Crippen molar-refractivity contribution in [1.29, 1.82) is 0 Å². The molecule has 0 amide bonds. The molecule has 1 fully saturated rings. The highest BCUT2D eigenvalue weighted by atomic mass is 79.9. The first-order valence-electron chi connectivity index (χ1n) is 14.5. The van der Waals surface area contributed by atoms with Crippen LogP contribution in [-0.4, -0.2) is 46.4 Å². The van der Waals surface area contributed by atoms with Crippen molar-refractivity contribution in [3.05, 3.63) is 76.3 Å². The zero-order valence-electron chi connectivity index (χ0n) is 24.4. The van der Waals surface area contributed by atoms with E-state index >= 15 is 0 Å². The minimum atomic E-state index is -1.76. The van der Waals surface area contributed by atoms with Crippen molar-refractivity contribution in [2.24, 2.45) is 0 Å². The number of benzene rings is 2. The van der Waals surface area contributed by atoms with E-state index in [4.69, 9.17) is 23.4 Å². The van der Waals surface area contributed by atoms with Crippen LogP contribution in [0.15, 0.2) is 65.2 Å². The molecule has 1 aliphatic heterocycles. The predicted octanol–water partition coefficient (Wildman–Crippen LogP) is 8.46. The predicted molar refractivity (Wildman–Crippen MR) is 165 cm³/mol. The lowest BCUT2D eigenvalue weighted by atomic mass is 10.1. The summed E-state index contributed by atoms with van der Waals surface area (Å²) in [6.45, 7) is 11.0. The van der Waals surface area contributed by atoms with Gasteiger partial charge in [-0.05, 0) is 72.8 Å². The highest BCUT2D eigenvalue weighted by Gasteiger charge is 2.35. The summed E-state index contributed by atoms with van der Waals surface area (Å²) in [6, 6.07) is 19.8. The molecule has 216 valence electrons. The molecule has 7 heteroatoms. The van der Waals surface area contributed by atoms with Crippen LogP contribution in [0.2, 0.25) is 18.1 Å². The maximum Gasteiger partial charge on any atom is 0.192 e. The first kappa shape index (κ1) is 32.0. The molecule has 2 aromatic carbocycles. The summed E-state index contributed by atoms with van der Waals surface area (Å²) in [6.07, 6.45) is 7.35. The van der Waals surface area contributed by atoms with E-state index in [1.807, 2.05) is 24.3 Å². The lowest BCUT2D eigenvalue weighted by Gasteiger charge is -2.36. The van der Waals surface area contributed by atoms with Gasteiger partial charge in [0.1, 0.15) is 11.9 Å². The van der Waals surface area contributed by atoms with Gasteiger partial charge in [0.05, 0.1) is 45.2 Å². The van der Waals surface area contributed by atoms with Crippen LogP contribution in [-0.2, 0) is 31.9 Å². The van der Waals surface area contributed by atoms with Gasteiger partial charge in [-0.3, -0.25) is 0 Å². The average Bonchev–Trinajstić information content (AvgIpc) is 3.82. The monoisotopic (exact) mass is 618 g/mol. The van der Waals surface area contributed by atoms with Crippen molar-refractivity contribution in [3.8, 4) is 5.75 Å². The summed E-state index contributed by atoms with van der Waals surface area (Å²) >= 11 is 3.49. The largest absolute Gasteiger partial charge is 0.497 e. The second kappa shape index (κ2) is 16.7. The van der Waals surface area contributed by atoms with Crippen molar-refractivity contribution in [2.75, 3.05) is 13.7 Å². The van der Waals surface area contributed by atoms with Gasteiger partial charge in [0.15, 0.2) is 8.32 Å². The average molecular weight is 620 g/mol. The van der Waals surface area contributed by atoms with Gasteiger partial charge in [-0.15, -0.1) is 0 Å². The van der Waals surface area contributed by atoms with Crippen molar-refractivity contribution < 1.29 is 23.4 Å². The Kier molecular flexibility index (Phi) is 13.7. The summed E-state index contributed by atoms with van der Waals surface area (Å²) in [4.78, 5) is 0. The molecule has 0 aromatic heterocycles. The molecule has 0 bridgehead atoms. The Hall–Kier alpha value is -1.48. The number of hydrogen-bond acceptors (Lipinski definition) is 5. The van der Waals surface area contributed by atoms with Gasteiger partial charge in [0.2, 0.25) is 0 Å². The fraction of sp³-hybridized carbons (Fsp3) is 0.562. The van der Waals surface area contributed by atoms with E-state index in [1.54, 1.807) is 7.11 Å². The van der Waals surface area contributed by atoms with Crippen LogP contribution in [0.3, 0.4) is 0 Å². The fourth-order valence-corrected chi connectivity index (χ4v) is 8.06. The molecule has 5 nitrogen and oxygen atoms in total. The number of rotatable bonds is 19. The summed E-state index contributed by atoms with van der Waals surface area (Å²) in [5.41, 5.74) is 2.30. The Balaban J connectivity index is 1.63. The Labute approximate surface area is 245 Å². The van der Waals surface area contributed by atoms with E-state index in [2.05, 4.69) is 80.0 Å². The molecule has 0 saturated carbocycles. The van der Waals surface area contributed by atoms with Crippen LogP contribution in [0, 0.1) is 0 Å². The molecule has 3 rings (SSSR count). The van der Waals surface area contributed by atoms with Crippen LogP contribution < -0.4 is 4.74 Å². The van der Waals surface area contributed by atoms with Crippen LogP contribution in [0.5, 0.6) is 5.75 Å². The third kappa shape index (κ3) is 10.5. The third-order valence-electron chi connectivity index (χ3n) is 7.83. The Morgan fingerprint density at radius 2 is 1.41 bits per heavy atom. The van der Waals surface area contributed by atoms with Gasteiger partial charge in [0, 0.05) is 4.47 Å². The molecule has 0 N–H and O–H groups in total. The van der Waals surface area contributed by atoms with Crippen LogP contribution >= 0.6 is 15.9 Å². The van der Waals surface area contributed by atoms with Gasteiger partial charge in [-0.25, -0.2) is 0 Å². The lowest BCUT2D eigenvalue weighted by molar-refractivity contribution is -0.0384. The molecule has 1 heterocycles. The number of epoxide rings is 1. The Morgan fingerprint density at radius 3 is 1.95 bits per heavy atom. The molecular formula is C32H47BrO5Si. The minimum absolute atomic E-state index is 0.0100. The van der Waals surface area contributed by atoms with E-state index < -0.39 is 8.32 Å². The molecule has 1 saturated heterocycles. The van der Waals surface area contributed by atoms with E-state index in [9.17, 15) is 0 Å². The van der Waals surface area contributed by atoms with Gasteiger partial charge >= 0.3 is 0 Å². The fourth-order valence-electron chi connectivity index (χ4n) is 4.84. The van der Waals surface area contributed by atoms with Gasteiger partial charge in [-0.1, -0.05) is 80.0 Å². The summed E-state index contributed by atoms with van der Waals surface area (Å²) < 4.78 is 31.7. The van der Waals surface area contributed by atoms with Crippen molar-refractivity contribution >= 4 is 24.2 Å². The second-order valence-corrected chi connectivity index (χ2v) is 15.9. The maximum atomic E-state index is 6.96. The summed E-state index contributed by atoms with van der Waals surface area (Å²) in [5.74, 6) is 0.856. The van der Waals surface area contributed by atoms with Gasteiger partial charge in [-0.2, -0.15) is 0 Å². The molecule has 0 unspecified atom stereocenters. The van der Waals surface area contributed by atoms with E-state index in [0.717, 1.165) is 65.4 Å². The van der Waals surface area contributed by atoms with E-state index in [-0.39, 0.29) is 24.4 Å². The smallest absolute Gasteiger partial charge is 0.192 e. The number of halogens is 1. The summed E-state index contributed by atoms with van der Waals surface area (Å²) in [5, 5.41) is 0. The molecule has 0 radical (unpaired) electrons. The van der Waals surface area contributed by atoms with Gasteiger partial charge < -0.3 is 23.4 Å². The van der Waals surface area contributed by atoms with Crippen molar-refractivity contribution in [3.63, 3.8) is 0 Å². The maximum absolute atomic E-state index is 6.96. The number of hydrogen-bond donors (Lipinski definition) is 0. The third-order valence-corrected chi connectivity index (χ3v) is 13.0. The van der Waals surface area contributed by atoms with Crippen molar-refractivity contribution in [1.82, 2.24) is 0 Å². The topological polar surface area (TPSA) is 49.5 Å². The summed E-state index contributed by atoms with van der Waals surface area (Å²) in [7, 11) is -0.0750. The second-order valence-electron chi connectivity index (χ2n) is 10.3. The van der Waals surface area contributed by atoms with Gasteiger partial charge in [0.25, 0.3) is 0 Å². The van der Waals surface area contributed by atoms with Crippen molar-refractivity contribution in [2.45, 2.75) is 103 Å². The number of ether oxygens (including phenoxy) is 4. The Bertz CT molecular complexity index is 965. The molecule has 1 aliphatic rings. The molecular weight excluding hydrogens is 572 g/mol. The minimum Gasteiger partial charge on any atom is -0.497 e. The zero-order valence-corrected chi connectivity index (χ0v) is 27.0. The zero-order chi connectivity index (χ0) is 28.1. The Morgan fingerprint density at radius 1 is 0.846 bits per heavy atom. The number of methoxy groups -OCH3 is 1. The quantitative estimate of drug-likeness (QED) is 0.0897. The van der Waals surface area contributed by atoms with E-state index in [1.165, 1.54) is 0 Å². The normalized spacial score (nSPS) is 17.7. The molecule has 39 heavy (non-hydrogen) atoms. The highest BCUT2D eigenvalue weighted by Crippen LogP contribution is 2.28. The van der Waals surface area contributed by atoms with Crippen LogP contribution in [0.25, 0.3) is 0 Å². The molecule has 2 aromatic rings. The SMILES string of the molecule is CC[C@@H](O[Si](CC)(CC)CC)[C@H](C/C=C\C[C@H](OCc1ccc(Br)cc1)[C@H]1CO1)OCc1ccc(OC)cc1. The molecule has 0 aliphatic carbocycles. The highest BCUT2D eigenvalue weighted by molar-refractivity contribution is 9.10. The lowest BCUT2D eigenvalue weighted by Crippen LogP contribution is -2.44. The van der Waals surface area contributed by atoms with Crippen LogP contribution in [0.1, 0.15) is 58.1 Å². The molecule has 0 spiro atoms. The van der Waals surface area contributed by atoms with Crippen LogP contribution in [0.4, 0.5) is 0 Å². The standard InChI is InChI=1S/C32H47BrO5Si/c1-6-29(38-39(7-2,8-3)9-4)30(35-23-26-16-20-28(34-5)21-17-26)12-10-11-13-31(32-24-37-32)36-22-25-14-18-27(33)19-15-25/h10-11,14-21,29-32H,6-9,12-13,22-24H2,1-5H3/b11-10-/t29-,30+,31+,32-/m1/s1. The first-order chi connectivity index (χ1) is 19.0. The molecule has 4 atom stereocenters. The van der Waals surface area contributed by atoms with E-state index in [0.29, 0.717) is 13.2 Å².